The molecule has 26 heavy (non-hydrogen) atoms. The van der Waals surface area contributed by atoms with Crippen LogP contribution in [0, 0.1) is 0 Å². The standard InChI is InChI=1S/C19H22N6O/c1-13(15-3-4-17-16(11-15)12-20-23-17)22-19(26)25-9-6-14(7-10-25)18-5-8-21-24(18)2/h3-6,8,11-13H,7,9-10H2,1-2H3,(H,20,23)(H,22,26). The lowest BCUT2D eigenvalue weighted by atomic mass is 10.0. The number of carbonyl (C=O) groups is 1. The van der Waals surface area contributed by atoms with Gasteiger partial charge in [0.15, 0.2) is 0 Å². The lowest BCUT2D eigenvalue weighted by Gasteiger charge is -2.28. The Labute approximate surface area is 151 Å². The molecular weight excluding hydrogens is 328 g/mol. The first-order valence-electron chi connectivity index (χ1n) is 8.77. The van der Waals surface area contributed by atoms with Gasteiger partial charge >= 0.3 is 6.03 Å². The molecule has 7 nitrogen and oxygen atoms in total. The summed E-state index contributed by atoms with van der Waals surface area (Å²) in [6, 6.07) is 7.97. The van der Waals surface area contributed by atoms with Crippen LogP contribution in [0.4, 0.5) is 4.79 Å². The molecule has 3 aromatic rings. The molecule has 0 bridgehead atoms. The Morgan fingerprint density at radius 2 is 2.23 bits per heavy atom. The highest BCUT2D eigenvalue weighted by atomic mass is 16.2. The van der Waals surface area contributed by atoms with Crippen LogP contribution in [0.3, 0.4) is 0 Å². The minimum absolute atomic E-state index is 0.0369. The number of nitrogens with zero attached hydrogens (tertiary/aromatic N) is 4. The van der Waals surface area contributed by atoms with Crippen LogP contribution >= 0.6 is 0 Å². The molecule has 134 valence electrons. The largest absolute Gasteiger partial charge is 0.331 e. The summed E-state index contributed by atoms with van der Waals surface area (Å²) < 4.78 is 1.87. The van der Waals surface area contributed by atoms with Crippen LogP contribution in [0.15, 0.2) is 42.7 Å². The molecule has 2 amide bonds. The van der Waals surface area contributed by atoms with Crippen molar-refractivity contribution >= 4 is 22.5 Å². The number of benzene rings is 1. The average Bonchev–Trinajstić information content (AvgIpc) is 3.29. The number of urea groups is 1. The summed E-state index contributed by atoms with van der Waals surface area (Å²) in [7, 11) is 1.94. The molecule has 0 radical (unpaired) electrons. The quantitative estimate of drug-likeness (QED) is 0.762. The molecule has 2 N–H and O–H groups in total. The van der Waals surface area contributed by atoms with Crippen molar-refractivity contribution < 1.29 is 4.79 Å². The lowest BCUT2D eigenvalue weighted by Crippen LogP contribution is -2.43. The van der Waals surface area contributed by atoms with Gasteiger partial charge in [0, 0.05) is 31.7 Å². The van der Waals surface area contributed by atoms with E-state index >= 15 is 0 Å². The van der Waals surface area contributed by atoms with Crippen molar-refractivity contribution in [2.75, 3.05) is 13.1 Å². The number of carbonyl (C=O) groups excluding carboxylic acids is 1. The smallest absolute Gasteiger partial charge is 0.318 e. The van der Waals surface area contributed by atoms with Gasteiger partial charge in [0.2, 0.25) is 0 Å². The van der Waals surface area contributed by atoms with E-state index in [0.717, 1.165) is 28.6 Å². The van der Waals surface area contributed by atoms with Gasteiger partial charge in [-0.1, -0.05) is 12.1 Å². The maximum Gasteiger partial charge on any atom is 0.318 e. The van der Waals surface area contributed by atoms with E-state index in [-0.39, 0.29) is 12.1 Å². The fourth-order valence-corrected chi connectivity index (χ4v) is 3.37. The third-order valence-corrected chi connectivity index (χ3v) is 4.95. The number of aromatic nitrogens is 4. The van der Waals surface area contributed by atoms with Gasteiger partial charge in [0.25, 0.3) is 0 Å². The number of aromatic amines is 1. The number of hydrogen-bond acceptors (Lipinski definition) is 3. The number of H-pyrrole nitrogens is 1. The molecule has 1 atom stereocenters. The van der Waals surface area contributed by atoms with Crippen molar-refractivity contribution in [1.29, 1.82) is 0 Å². The zero-order chi connectivity index (χ0) is 18.1. The van der Waals surface area contributed by atoms with Crippen LogP contribution in [0.25, 0.3) is 16.5 Å². The fraction of sp³-hybridized carbons (Fsp3) is 0.316. The summed E-state index contributed by atoms with van der Waals surface area (Å²) >= 11 is 0. The lowest BCUT2D eigenvalue weighted by molar-refractivity contribution is 0.199. The number of nitrogens with one attached hydrogen (secondary N) is 2. The van der Waals surface area contributed by atoms with Crippen LogP contribution in [0.5, 0.6) is 0 Å². The monoisotopic (exact) mass is 350 g/mol. The summed E-state index contributed by atoms with van der Waals surface area (Å²) in [4.78, 5) is 14.4. The van der Waals surface area contributed by atoms with E-state index in [2.05, 4.69) is 32.8 Å². The maximum atomic E-state index is 12.6. The van der Waals surface area contributed by atoms with Crippen molar-refractivity contribution in [1.82, 2.24) is 30.2 Å². The Hall–Kier alpha value is -3.09. The SMILES string of the molecule is CC(NC(=O)N1CC=C(c2ccnn2C)CC1)c1ccc2[nH]ncc2c1. The molecule has 2 aromatic heterocycles. The second kappa shape index (κ2) is 6.67. The Kier molecular flexibility index (Phi) is 4.20. The Balaban J connectivity index is 1.40. The summed E-state index contributed by atoms with van der Waals surface area (Å²) in [5.41, 5.74) is 4.42. The first-order chi connectivity index (χ1) is 12.6. The normalized spacial score (nSPS) is 15.8. The maximum absolute atomic E-state index is 12.6. The summed E-state index contributed by atoms with van der Waals surface area (Å²) in [6.07, 6.45) is 6.54. The van der Waals surface area contributed by atoms with Gasteiger partial charge in [-0.2, -0.15) is 10.2 Å². The van der Waals surface area contributed by atoms with E-state index in [1.165, 1.54) is 5.57 Å². The molecule has 1 unspecified atom stereocenters. The first-order valence-corrected chi connectivity index (χ1v) is 8.77. The van der Waals surface area contributed by atoms with Crippen LogP contribution in [0.2, 0.25) is 0 Å². The highest BCUT2D eigenvalue weighted by molar-refractivity contribution is 5.80. The van der Waals surface area contributed by atoms with Gasteiger partial charge in [0.1, 0.15) is 0 Å². The molecule has 0 aliphatic carbocycles. The highest BCUT2D eigenvalue weighted by Crippen LogP contribution is 2.22. The van der Waals surface area contributed by atoms with Gasteiger partial charge in [-0.05, 0) is 42.7 Å². The molecular formula is C19H22N6O. The number of hydrogen-bond donors (Lipinski definition) is 2. The van der Waals surface area contributed by atoms with Crippen molar-refractivity contribution in [2.24, 2.45) is 7.05 Å². The zero-order valence-corrected chi connectivity index (χ0v) is 14.9. The van der Waals surface area contributed by atoms with Crippen LogP contribution in [0.1, 0.15) is 30.6 Å². The molecule has 7 heteroatoms. The van der Waals surface area contributed by atoms with E-state index in [9.17, 15) is 4.79 Å². The predicted octanol–water partition coefficient (Wildman–Crippen LogP) is 2.86. The Morgan fingerprint density at radius 1 is 1.35 bits per heavy atom. The van der Waals surface area contributed by atoms with E-state index in [1.54, 1.807) is 12.4 Å². The van der Waals surface area contributed by atoms with Crippen molar-refractivity contribution in [2.45, 2.75) is 19.4 Å². The van der Waals surface area contributed by atoms with Crippen LogP contribution < -0.4 is 5.32 Å². The van der Waals surface area contributed by atoms with Crippen LogP contribution in [-0.2, 0) is 7.05 Å². The molecule has 4 rings (SSSR count). The summed E-state index contributed by atoms with van der Waals surface area (Å²) in [5.74, 6) is 0. The number of rotatable bonds is 3. The number of amides is 2. The van der Waals surface area contributed by atoms with Crippen molar-refractivity contribution in [3.63, 3.8) is 0 Å². The van der Waals surface area contributed by atoms with Gasteiger partial charge in [-0.25, -0.2) is 4.79 Å². The molecule has 0 fully saturated rings. The first kappa shape index (κ1) is 16.4. The topological polar surface area (TPSA) is 78.8 Å². The van der Waals surface area contributed by atoms with E-state index < -0.39 is 0 Å². The van der Waals surface area contributed by atoms with Gasteiger partial charge in [-0.15, -0.1) is 0 Å². The van der Waals surface area contributed by atoms with Crippen molar-refractivity contribution in [3.05, 3.63) is 54.0 Å². The summed E-state index contributed by atoms with van der Waals surface area (Å²) in [6.45, 7) is 3.32. The van der Waals surface area contributed by atoms with Gasteiger partial charge < -0.3 is 10.2 Å². The van der Waals surface area contributed by atoms with E-state index in [0.29, 0.717) is 13.1 Å². The zero-order valence-electron chi connectivity index (χ0n) is 14.9. The fourth-order valence-electron chi connectivity index (χ4n) is 3.37. The second-order valence-corrected chi connectivity index (χ2v) is 6.65. The molecule has 1 aliphatic heterocycles. The van der Waals surface area contributed by atoms with Gasteiger partial charge in [-0.3, -0.25) is 9.78 Å². The summed E-state index contributed by atoms with van der Waals surface area (Å²) in [5, 5.41) is 15.3. The van der Waals surface area contributed by atoms with Crippen LogP contribution in [-0.4, -0.2) is 44.0 Å². The third-order valence-electron chi connectivity index (χ3n) is 4.95. The molecule has 1 aliphatic rings. The average molecular weight is 350 g/mol. The molecule has 1 aromatic carbocycles. The second-order valence-electron chi connectivity index (χ2n) is 6.65. The number of fused-ring (bicyclic) bond motifs is 1. The van der Waals surface area contributed by atoms with E-state index in [1.807, 2.05) is 41.8 Å². The molecule has 3 heterocycles. The molecule has 0 saturated carbocycles. The van der Waals surface area contributed by atoms with Gasteiger partial charge in [0.05, 0.1) is 23.4 Å². The third kappa shape index (κ3) is 3.08. The Morgan fingerprint density at radius 3 is 2.96 bits per heavy atom. The minimum atomic E-state index is -0.0655. The molecule has 0 saturated heterocycles. The van der Waals surface area contributed by atoms with E-state index in [4.69, 9.17) is 0 Å². The van der Waals surface area contributed by atoms with Crippen molar-refractivity contribution in [3.8, 4) is 0 Å². The molecule has 0 spiro atoms. The minimum Gasteiger partial charge on any atom is -0.331 e. The Bertz CT molecular complexity index is 969. The predicted molar refractivity (Wildman–Crippen MR) is 100 cm³/mol. The number of aryl methyl sites for hydroxylation is 1. The highest BCUT2D eigenvalue weighted by Gasteiger charge is 2.20.